The second-order valence-corrected chi connectivity index (χ2v) is 4.76. The molecule has 0 saturated carbocycles. The van der Waals surface area contributed by atoms with Crippen molar-refractivity contribution in [3.63, 3.8) is 0 Å². The molecule has 0 aromatic heterocycles. The Morgan fingerprint density at radius 3 is 2.33 bits per heavy atom. The number of likely N-dealkylation sites (N-methyl/N-ethyl adjacent to an activating group) is 1. The third-order valence-corrected chi connectivity index (χ3v) is 2.92. The molecule has 2 N–H and O–H groups in total. The standard InChI is InChI=1S/C13H19F3N2/c1-9-4-5-11(6-10(9)2)12(17)7-18(3)8-13(14,15)16/h4-6,12H,7-8,17H2,1-3H3. The number of halogens is 3. The highest BCUT2D eigenvalue weighted by Crippen LogP contribution is 2.19. The van der Waals surface area contributed by atoms with E-state index in [-0.39, 0.29) is 6.54 Å². The molecule has 102 valence electrons. The highest BCUT2D eigenvalue weighted by atomic mass is 19.4. The molecule has 2 nitrogen and oxygen atoms in total. The molecule has 0 bridgehead atoms. The number of hydrogen-bond donors (Lipinski definition) is 1. The largest absolute Gasteiger partial charge is 0.401 e. The van der Waals surface area contributed by atoms with E-state index in [9.17, 15) is 13.2 Å². The molecule has 0 spiro atoms. The zero-order valence-corrected chi connectivity index (χ0v) is 10.9. The van der Waals surface area contributed by atoms with Gasteiger partial charge in [-0.15, -0.1) is 0 Å². The van der Waals surface area contributed by atoms with Gasteiger partial charge in [0.2, 0.25) is 0 Å². The van der Waals surface area contributed by atoms with E-state index in [2.05, 4.69) is 0 Å². The minimum absolute atomic E-state index is 0.183. The molecule has 0 radical (unpaired) electrons. The van der Waals surface area contributed by atoms with Crippen LogP contribution in [0.5, 0.6) is 0 Å². The minimum atomic E-state index is -4.18. The van der Waals surface area contributed by atoms with E-state index in [1.807, 2.05) is 32.0 Å². The normalized spacial score (nSPS) is 14.0. The number of nitrogens with two attached hydrogens (primary N) is 1. The third kappa shape index (κ3) is 4.66. The van der Waals surface area contributed by atoms with E-state index in [4.69, 9.17) is 5.73 Å². The Hall–Kier alpha value is -1.07. The van der Waals surface area contributed by atoms with Gasteiger partial charge in [0.1, 0.15) is 0 Å². The van der Waals surface area contributed by atoms with Gasteiger partial charge in [-0.2, -0.15) is 13.2 Å². The van der Waals surface area contributed by atoms with Crippen molar-refractivity contribution in [2.45, 2.75) is 26.1 Å². The summed E-state index contributed by atoms with van der Waals surface area (Å²) in [7, 11) is 1.42. The summed E-state index contributed by atoms with van der Waals surface area (Å²) in [6, 6.07) is 5.33. The number of alkyl halides is 3. The maximum absolute atomic E-state index is 12.2. The van der Waals surface area contributed by atoms with Crippen molar-refractivity contribution in [1.29, 1.82) is 0 Å². The summed E-state index contributed by atoms with van der Waals surface area (Å²) in [6.07, 6.45) is -4.18. The summed E-state index contributed by atoms with van der Waals surface area (Å²) >= 11 is 0. The molecule has 18 heavy (non-hydrogen) atoms. The Balaban J connectivity index is 2.64. The average Bonchev–Trinajstić information content (AvgIpc) is 2.18. The first-order chi connectivity index (χ1) is 8.19. The molecule has 0 heterocycles. The van der Waals surface area contributed by atoms with Crippen molar-refractivity contribution < 1.29 is 13.2 Å². The number of hydrogen-bond acceptors (Lipinski definition) is 2. The molecule has 1 unspecified atom stereocenters. The van der Waals surface area contributed by atoms with E-state index in [1.54, 1.807) is 0 Å². The molecule has 0 saturated heterocycles. The Bertz CT molecular complexity index is 402. The lowest BCUT2D eigenvalue weighted by atomic mass is 10.0. The highest BCUT2D eigenvalue weighted by Gasteiger charge is 2.29. The van der Waals surface area contributed by atoms with E-state index >= 15 is 0 Å². The maximum atomic E-state index is 12.2. The fourth-order valence-electron chi connectivity index (χ4n) is 1.81. The summed E-state index contributed by atoms with van der Waals surface area (Å²) in [6.45, 7) is 3.19. The van der Waals surface area contributed by atoms with Gasteiger partial charge in [0.25, 0.3) is 0 Å². The zero-order chi connectivity index (χ0) is 13.9. The average molecular weight is 260 g/mol. The molecule has 1 aromatic carbocycles. The predicted molar refractivity (Wildman–Crippen MR) is 66.4 cm³/mol. The SMILES string of the molecule is Cc1ccc(C(N)CN(C)CC(F)(F)F)cc1C. The lowest BCUT2D eigenvalue weighted by Crippen LogP contribution is -2.36. The summed E-state index contributed by atoms with van der Waals surface area (Å²) < 4.78 is 36.6. The number of aryl methyl sites for hydroxylation is 2. The van der Waals surface area contributed by atoms with Crippen LogP contribution in [0.4, 0.5) is 13.2 Å². The van der Waals surface area contributed by atoms with Crippen LogP contribution in [-0.4, -0.2) is 31.2 Å². The molecule has 5 heteroatoms. The molecule has 0 amide bonds. The van der Waals surface area contributed by atoms with Gasteiger partial charge in [0.05, 0.1) is 6.54 Å². The molecule has 1 aromatic rings. The van der Waals surface area contributed by atoms with Crippen LogP contribution in [0.25, 0.3) is 0 Å². The summed E-state index contributed by atoms with van der Waals surface area (Å²) in [5, 5.41) is 0. The molecular weight excluding hydrogens is 241 g/mol. The van der Waals surface area contributed by atoms with Crippen molar-refractivity contribution >= 4 is 0 Å². The molecule has 1 atom stereocenters. The van der Waals surface area contributed by atoms with Crippen LogP contribution >= 0.6 is 0 Å². The van der Waals surface area contributed by atoms with Crippen molar-refractivity contribution in [2.75, 3.05) is 20.1 Å². The molecule has 0 aliphatic rings. The van der Waals surface area contributed by atoms with Crippen LogP contribution in [0.1, 0.15) is 22.7 Å². The topological polar surface area (TPSA) is 29.3 Å². The van der Waals surface area contributed by atoms with Gasteiger partial charge in [0.15, 0.2) is 0 Å². The quantitative estimate of drug-likeness (QED) is 0.902. The number of rotatable bonds is 4. The van der Waals surface area contributed by atoms with Crippen molar-refractivity contribution in [3.05, 3.63) is 34.9 Å². The highest BCUT2D eigenvalue weighted by molar-refractivity contribution is 5.31. The van der Waals surface area contributed by atoms with Crippen LogP contribution in [0.3, 0.4) is 0 Å². The van der Waals surface area contributed by atoms with Gasteiger partial charge in [-0.05, 0) is 37.6 Å². The molecular formula is C13H19F3N2. The first-order valence-electron chi connectivity index (χ1n) is 5.77. The fourth-order valence-corrected chi connectivity index (χ4v) is 1.81. The Kier molecular flexibility index (Phi) is 4.76. The van der Waals surface area contributed by atoms with Crippen LogP contribution < -0.4 is 5.73 Å². The summed E-state index contributed by atoms with van der Waals surface area (Å²) in [5.41, 5.74) is 9.04. The maximum Gasteiger partial charge on any atom is 0.401 e. The monoisotopic (exact) mass is 260 g/mol. The lowest BCUT2D eigenvalue weighted by molar-refractivity contribution is -0.143. The van der Waals surface area contributed by atoms with Gasteiger partial charge >= 0.3 is 6.18 Å². The van der Waals surface area contributed by atoms with Crippen LogP contribution in [0.15, 0.2) is 18.2 Å². The van der Waals surface area contributed by atoms with Crippen molar-refractivity contribution in [1.82, 2.24) is 4.90 Å². The van der Waals surface area contributed by atoms with Crippen LogP contribution in [0, 0.1) is 13.8 Å². The second kappa shape index (κ2) is 5.71. The summed E-state index contributed by atoms with van der Waals surface area (Å²) in [4.78, 5) is 1.19. The Morgan fingerprint density at radius 2 is 1.83 bits per heavy atom. The number of nitrogens with zero attached hydrogens (tertiary/aromatic N) is 1. The van der Waals surface area contributed by atoms with E-state index in [1.165, 1.54) is 11.9 Å². The van der Waals surface area contributed by atoms with Crippen molar-refractivity contribution in [2.24, 2.45) is 5.73 Å². The smallest absolute Gasteiger partial charge is 0.323 e. The van der Waals surface area contributed by atoms with E-state index < -0.39 is 18.8 Å². The molecule has 0 aliphatic carbocycles. The van der Waals surface area contributed by atoms with Crippen LogP contribution in [0.2, 0.25) is 0 Å². The number of benzene rings is 1. The molecule has 0 aliphatic heterocycles. The Labute approximate surface area is 106 Å². The van der Waals surface area contributed by atoms with Gasteiger partial charge in [-0.1, -0.05) is 18.2 Å². The van der Waals surface area contributed by atoms with Crippen molar-refractivity contribution in [3.8, 4) is 0 Å². The van der Waals surface area contributed by atoms with Gasteiger partial charge < -0.3 is 5.73 Å². The van der Waals surface area contributed by atoms with Crippen LogP contribution in [-0.2, 0) is 0 Å². The van der Waals surface area contributed by atoms with E-state index in [0.717, 1.165) is 16.7 Å². The van der Waals surface area contributed by atoms with Gasteiger partial charge in [0, 0.05) is 12.6 Å². The molecule has 1 rings (SSSR count). The van der Waals surface area contributed by atoms with Gasteiger partial charge in [-0.25, -0.2) is 0 Å². The zero-order valence-electron chi connectivity index (χ0n) is 10.9. The first-order valence-corrected chi connectivity index (χ1v) is 5.77. The lowest BCUT2D eigenvalue weighted by Gasteiger charge is -2.23. The second-order valence-electron chi connectivity index (χ2n) is 4.76. The first kappa shape index (κ1) is 15.0. The minimum Gasteiger partial charge on any atom is -0.323 e. The Morgan fingerprint density at radius 1 is 1.22 bits per heavy atom. The van der Waals surface area contributed by atoms with E-state index in [0.29, 0.717) is 0 Å². The third-order valence-electron chi connectivity index (χ3n) is 2.92. The predicted octanol–water partition coefficient (Wildman–Crippen LogP) is 2.80. The molecule has 0 fully saturated rings. The summed E-state index contributed by atoms with van der Waals surface area (Å²) in [5.74, 6) is 0. The van der Waals surface area contributed by atoms with Gasteiger partial charge in [-0.3, -0.25) is 4.90 Å². The fraction of sp³-hybridized carbons (Fsp3) is 0.538.